The molecule has 0 spiro atoms. The minimum absolute atomic E-state index is 0.370. The van der Waals surface area contributed by atoms with Crippen LogP contribution in [0.2, 0.25) is 0 Å². The second-order valence-electron chi connectivity index (χ2n) is 7.24. The molecule has 0 N–H and O–H groups in total. The van der Waals surface area contributed by atoms with Crippen LogP contribution in [0.5, 0.6) is 5.88 Å². The highest BCUT2D eigenvalue weighted by Gasteiger charge is 2.18. The average molecular weight is 380 g/mol. The smallest absolute Gasteiger partial charge is 0.337 e. The van der Waals surface area contributed by atoms with Crippen LogP contribution in [0.1, 0.15) is 23.2 Å². The van der Waals surface area contributed by atoms with E-state index in [-0.39, 0.29) is 5.97 Å². The first-order chi connectivity index (χ1) is 13.6. The van der Waals surface area contributed by atoms with E-state index in [0.717, 1.165) is 30.0 Å². The van der Waals surface area contributed by atoms with Gasteiger partial charge in [-0.2, -0.15) is 0 Å². The van der Waals surface area contributed by atoms with E-state index in [9.17, 15) is 4.79 Å². The molecule has 1 unspecified atom stereocenters. The molecule has 2 aromatic heterocycles. The highest BCUT2D eigenvalue weighted by molar-refractivity contribution is 5.90. The summed E-state index contributed by atoms with van der Waals surface area (Å²) in [4.78, 5) is 18.6. The fourth-order valence-corrected chi connectivity index (χ4v) is 3.67. The topological polar surface area (TPSA) is 69.0 Å². The number of ether oxygens (including phenoxy) is 2. The van der Waals surface area contributed by atoms with Crippen LogP contribution in [-0.2, 0) is 4.74 Å². The monoisotopic (exact) mass is 380 g/mol. The van der Waals surface area contributed by atoms with Crippen molar-refractivity contribution >= 4 is 11.6 Å². The Kier molecular flexibility index (Phi) is 5.25. The van der Waals surface area contributed by atoms with Crippen LogP contribution in [0.25, 0.3) is 16.9 Å². The van der Waals surface area contributed by atoms with E-state index in [0.29, 0.717) is 24.0 Å². The van der Waals surface area contributed by atoms with Gasteiger partial charge in [-0.15, -0.1) is 5.10 Å². The van der Waals surface area contributed by atoms with Gasteiger partial charge in [0.2, 0.25) is 5.88 Å². The van der Waals surface area contributed by atoms with Crippen molar-refractivity contribution in [3.63, 3.8) is 0 Å². The molecule has 0 amide bonds. The maximum Gasteiger partial charge on any atom is 0.337 e. The Bertz CT molecular complexity index is 985. The van der Waals surface area contributed by atoms with Crippen molar-refractivity contribution in [2.45, 2.75) is 12.8 Å². The second-order valence-corrected chi connectivity index (χ2v) is 7.24. The zero-order chi connectivity index (χ0) is 19.5. The third-order valence-corrected chi connectivity index (χ3v) is 5.11. The Labute approximate surface area is 163 Å². The summed E-state index contributed by atoms with van der Waals surface area (Å²) in [6.07, 6.45) is 4.14. The molecular formula is C21H24N4O3. The van der Waals surface area contributed by atoms with Crippen molar-refractivity contribution < 1.29 is 14.3 Å². The van der Waals surface area contributed by atoms with Crippen molar-refractivity contribution in [2.75, 3.05) is 33.9 Å². The summed E-state index contributed by atoms with van der Waals surface area (Å²) in [6.45, 7) is 2.87. The first kappa shape index (κ1) is 18.4. The van der Waals surface area contributed by atoms with Gasteiger partial charge >= 0.3 is 5.97 Å². The van der Waals surface area contributed by atoms with Gasteiger partial charge in [0.25, 0.3) is 0 Å². The molecule has 3 aromatic rings. The van der Waals surface area contributed by atoms with Crippen LogP contribution in [0, 0.1) is 5.92 Å². The number of nitrogens with zero attached hydrogens (tertiary/aromatic N) is 4. The number of carbonyl (C=O) groups excluding carboxylic acids is 1. The van der Waals surface area contributed by atoms with Gasteiger partial charge < -0.3 is 14.4 Å². The number of rotatable bonds is 5. The van der Waals surface area contributed by atoms with E-state index in [1.165, 1.54) is 20.0 Å². The Morgan fingerprint density at radius 1 is 1.29 bits per heavy atom. The number of imidazole rings is 1. The molecule has 4 rings (SSSR count). The van der Waals surface area contributed by atoms with E-state index in [2.05, 4.69) is 22.0 Å². The Balaban J connectivity index is 1.57. The number of hydrogen-bond acceptors (Lipinski definition) is 6. The lowest BCUT2D eigenvalue weighted by Crippen LogP contribution is -2.34. The van der Waals surface area contributed by atoms with Gasteiger partial charge in [0.05, 0.1) is 31.2 Å². The van der Waals surface area contributed by atoms with E-state index in [1.54, 1.807) is 22.8 Å². The summed E-state index contributed by atoms with van der Waals surface area (Å²) in [7, 11) is 3.52. The maximum absolute atomic E-state index is 11.8. The van der Waals surface area contributed by atoms with Crippen LogP contribution >= 0.6 is 0 Å². The molecule has 146 valence electrons. The Morgan fingerprint density at radius 2 is 2.18 bits per heavy atom. The number of hydrogen-bond donors (Lipinski definition) is 0. The van der Waals surface area contributed by atoms with Crippen LogP contribution in [0.3, 0.4) is 0 Å². The van der Waals surface area contributed by atoms with Crippen LogP contribution in [0.4, 0.5) is 0 Å². The zero-order valence-electron chi connectivity index (χ0n) is 16.2. The van der Waals surface area contributed by atoms with E-state index in [1.807, 2.05) is 24.3 Å². The Hall–Kier alpha value is -2.93. The first-order valence-electron chi connectivity index (χ1n) is 9.49. The number of esters is 1. The van der Waals surface area contributed by atoms with Crippen LogP contribution in [-0.4, -0.2) is 59.3 Å². The minimum Gasteiger partial charge on any atom is -0.476 e. The molecule has 1 atom stereocenters. The highest BCUT2D eigenvalue weighted by Crippen LogP contribution is 2.23. The predicted octanol–water partition coefficient (Wildman–Crippen LogP) is 2.90. The number of piperidine rings is 1. The van der Waals surface area contributed by atoms with Gasteiger partial charge in [-0.05, 0) is 44.6 Å². The SMILES string of the molecule is COC(=O)c1cccc(-c2cnc3ccc(OCC4CCCN(C)C4)nn23)c1. The van der Waals surface area contributed by atoms with Gasteiger partial charge in [0.1, 0.15) is 0 Å². The van der Waals surface area contributed by atoms with Gasteiger partial charge in [-0.3, -0.25) is 0 Å². The second kappa shape index (κ2) is 7.98. The largest absolute Gasteiger partial charge is 0.476 e. The third kappa shape index (κ3) is 3.84. The Morgan fingerprint density at radius 3 is 3.00 bits per heavy atom. The van der Waals surface area contributed by atoms with Crippen molar-refractivity contribution in [3.05, 3.63) is 48.2 Å². The fourth-order valence-electron chi connectivity index (χ4n) is 3.67. The van der Waals surface area contributed by atoms with E-state index in [4.69, 9.17) is 9.47 Å². The number of aromatic nitrogens is 3. The van der Waals surface area contributed by atoms with Gasteiger partial charge in [-0.1, -0.05) is 12.1 Å². The van der Waals surface area contributed by atoms with Crippen molar-refractivity contribution in [3.8, 4) is 17.1 Å². The molecule has 7 heteroatoms. The highest BCUT2D eigenvalue weighted by atomic mass is 16.5. The standard InChI is InChI=1S/C21H24N4O3/c1-24-10-4-5-15(13-24)14-28-20-9-8-19-22-12-18(25(19)23-20)16-6-3-7-17(11-16)21(26)27-2/h3,6-9,11-12,15H,4-5,10,13-14H2,1-2H3. The summed E-state index contributed by atoms with van der Waals surface area (Å²) >= 11 is 0. The zero-order valence-corrected chi connectivity index (χ0v) is 16.2. The van der Waals surface area contributed by atoms with Crippen molar-refractivity contribution in [1.82, 2.24) is 19.5 Å². The molecule has 0 saturated carbocycles. The molecule has 0 bridgehead atoms. The quantitative estimate of drug-likeness (QED) is 0.634. The molecule has 1 aliphatic heterocycles. The van der Waals surface area contributed by atoms with E-state index >= 15 is 0 Å². The fraction of sp³-hybridized carbons (Fsp3) is 0.381. The molecule has 28 heavy (non-hydrogen) atoms. The number of likely N-dealkylation sites (tertiary alicyclic amines) is 1. The molecule has 3 heterocycles. The van der Waals surface area contributed by atoms with Crippen LogP contribution < -0.4 is 4.74 Å². The summed E-state index contributed by atoms with van der Waals surface area (Å²) < 4.78 is 12.5. The summed E-state index contributed by atoms with van der Waals surface area (Å²) in [6, 6.07) is 11.0. The molecule has 1 aromatic carbocycles. The summed E-state index contributed by atoms with van der Waals surface area (Å²) in [5.74, 6) is 0.726. The molecular weight excluding hydrogens is 356 g/mol. The lowest BCUT2D eigenvalue weighted by Gasteiger charge is -2.29. The molecule has 1 saturated heterocycles. The lowest BCUT2D eigenvalue weighted by molar-refractivity contribution is 0.0601. The summed E-state index contributed by atoms with van der Waals surface area (Å²) in [5.41, 5.74) is 2.85. The van der Waals surface area contributed by atoms with Gasteiger partial charge in [0, 0.05) is 24.1 Å². The number of methoxy groups -OCH3 is 1. The van der Waals surface area contributed by atoms with Gasteiger partial charge in [0.15, 0.2) is 5.65 Å². The van der Waals surface area contributed by atoms with E-state index < -0.39 is 0 Å². The predicted molar refractivity (Wildman–Crippen MR) is 105 cm³/mol. The average Bonchev–Trinajstić information content (AvgIpc) is 3.15. The normalized spacial score (nSPS) is 17.6. The third-order valence-electron chi connectivity index (χ3n) is 5.11. The number of fused-ring (bicyclic) bond motifs is 1. The van der Waals surface area contributed by atoms with Crippen molar-refractivity contribution in [2.24, 2.45) is 5.92 Å². The van der Waals surface area contributed by atoms with Crippen LogP contribution in [0.15, 0.2) is 42.6 Å². The molecule has 7 nitrogen and oxygen atoms in total. The summed E-state index contributed by atoms with van der Waals surface area (Å²) in [5, 5.41) is 4.61. The first-order valence-corrected chi connectivity index (χ1v) is 9.49. The number of carbonyl (C=O) groups is 1. The molecule has 0 radical (unpaired) electrons. The maximum atomic E-state index is 11.8. The minimum atomic E-state index is -0.370. The lowest BCUT2D eigenvalue weighted by atomic mass is 10.00. The molecule has 1 aliphatic rings. The molecule has 0 aliphatic carbocycles. The number of benzene rings is 1. The molecule has 1 fully saturated rings. The van der Waals surface area contributed by atoms with Gasteiger partial charge in [-0.25, -0.2) is 14.3 Å². The van der Waals surface area contributed by atoms with Crippen molar-refractivity contribution in [1.29, 1.82) is 0 Å².